The number of Topliss-reactive ketones (excluding diaryl/α,β-unsaturated/α-hetero) is 1. The SMILES string of the molecule is CC.CCCC.CCCCCCCCOC(=O)CC.CCCCCCCCOC(=O)CC(C)CC.CCCCCCCCOC(=O)CN(CC(=O)OCCCCCCCC)CC(=O)C(C)CC.CCCOC(=O)N1CC(OC(=O)CC)CC1CC. The summed E-state index contributed by atoms with van der Waals surface area (Å²) < 4.78 is 31.2. The monoisotopic (exact) mass is 1220 g/mol. The number of rotatable bonds is 46. The maximum Gasteiger partial charge on any atom is 0.410 e. The summed E-state index contributed by atoms with van der Waals surface area (Å²) in [5.41, 5.74) is 0. The van der Waals surface area contributed by atoms with Crippen LogP contribution >= 0.6 is 0 Å². The van der Waals surface area contributed by atoms with Crippen LogP contribution in [0.25, 0.3) is 0 Å². The summed E-state index contributed by atoms with van der Waals surface area (Å²) in [7, 11) is 0. The van der Waals surface area contributed by atoms with Crippen LogP contribution in [0.1, 0.15) is 329 Å². The van der Waals surface area contributed by atoms with Crippen molar-refractivity contribution in [3.8, 4) is 0 Å². The van der Waals surface area contributed by atoms with E-state index in [9.17, 15) is 33.6 Å². The van der Waals surface area contributed by atoms with Gasteiger partial charge in [-0.3, -0.25) is 33.7 Å². The zero-order chi connectivity index (χ0) is 65.2. The smallest absolute Gasteiger partial charge is 0.410 e. The normalized spacial score (nSPS) is 13.7. The summed E-state index contributed by atoms with van der Waals surface area (Å²) in [6, 6.07) is 0.115. The first kappa shape index (κ1) is 90.0. The number of hydrogen-bond donors (Lipinski definition) is 0. The van der Waals surface area contributed by atoms with Crippen LogP contribution in [-0.4, -0.2) is 123 Å². The van der Waals surface area contributed by atoms with E-state index in [0.717, 1.165) is 77.0 Å². The Bertz CT molecular complexity index is 1480. The van der Waals surface area contributed by atoms with Gasteiger partial charge in [-0.15, -0.1) is 0 Å². The number of ketones is 1. The molecule has 4 unspecified atom stereocenters. The lowest BCUT2D eigenvalue weighted by Gasteiger charge is -2.22. The van der Waals surface area contributed by atoms with Crippen LogP contribution in [0.3, 0.4) is 0 Å². The fraction of sp³-hybridized carbons (Fsp3) is 0.900. The molecule has 15 nitrogen and oxygen atoms in total. The molecule has 0 aromatic heterocycles. The maximum absolute atomic E-state index is 12.4. The molecule has 1 fully saturated rings. The van der Waals surface area contributed by atoms with Crippen molar-refractivity contribution in [1.82, 2.24) is 9.80 Å². The number of nitrogens with zero attached hydrogens (tertiary/aromatic N) is 2. The van der Waals surface area contributed by atoms with Crippen molar-refractivity contribution in [2.24, 2.45) is 11.8 Å². The van der Waals surface area contributed by atoms with Gasteiger partial charge in [0.15, 0.2) is 0 Å². The Balaban J connectivity index is -0.000000343. The standard InChI is InChI=1S/C26H49NO5.C14H28O2.C13H23NO4.C11H22O2.C4H10.C2H6/c1-5-8-10-12-14-16-18-31-25(29)21-27(20-24(28)23(4)7-3)22-26(30)32-19-17-15-13-11-9-6-2;1-4-6-7-8-9-10-11-16-14(15)12-13(3)5-2;1-4-7-17-13(16)14-9-11(8-10(14)5-2)18-12(15)6-3;1-3-5-6-7-8-9-10-13-11(12)4-2;1-3-4-2;1-2/h23H,5-22H2,1-4H3;13H,4-12H2,1-3H3;10-11H,4-9H2,1-3H3;3-10H2,1-2H3;3-4H2,1-2H3;1-2H3. The lowest BCUT2D eigenvalue weighted by molar-refractivity contribution is -0.150. The average molecular weight is 1220 g/mol. The van der Waals surface area contributed by atoms with Crippen molar-refractivity contribution in [3.63, 3.8) is 0 Å². The molecule has 0 N–H and O–H groups in total. The van der Waals surface area contributed by atoms with Crippen LogP contribution in [0.15, 0.2) is 0 Å². The van der Waals surface area contributed by atoms with Gasteiger partial charge < -0.3 is 33.3 Å². The van der Waals surface area contributed by atoms with Gasteiger partial charge in [-0.25, -0.2) is 4.79 Å². The number of esters is 5. The Hall–Kier alpha value is -3.75. The fourth-order valence-electron chi connectivity index (χ4n) is 8.20. The number of ether oxygens (including phenoxy) is 6. The van der Waals surface area contributed by atoms with Crippen LogP contribution in [0.5, 0.6) is 0 Å². The highest BCUT2D eigenvalue weighted by Crippen LogP contribution is 2.24. The summed E-state index contributed by atoms with van der Waals surface area (Å²) in [6.45, 7) is 35.6. The zero-order valence-electron chi connectivity index (χ0n) is 58.4. The van der Waals surface area contributed by atoms with Gasteiger partial charge in [0.2, 0.25) is 0 Å². The Morgan fingerprint density at radius 1 is 0.412 bits per heavy atom. The van der Waals surface area contributed by atoms with Gasteiger partial charge >= 0.3 is 35.9 Å². The summed E-state index contributed by atoms with van der Waals surface area (Å²) in [4.78, 5) is 85.3. The molecule has 1 amide bonds. The molecule has 506 valence electrons. The third-order valence-electron chi connectivity index (χ3n) is 14.4. The molecule has 0 bridgehead atoms. The molecule has 4 atom stereocenters. The highest BCUT2D eigenvalue weighted by Gasteiger charge is 2.37. The van der Waals surface area contributed by atoms with Gasteiger partial charge in [-0.2, -0.15) is 0 Å². The fourth-order valence-corrected chi connectivity index (χ4v) is 8.20. The van der Waals surface area contributed by atoms with Gasteiger partial charge in [-0.1, -0.05) is 258 Å². The van der Waals surface area contributed by atoms with Crippen LogP contribution in [-0.2, 0) is 57.2 Å². The van der Waals surface area contributed by atoms with Gasteiger partial charge in [0.05, 0.1) is 59.2 Å². The van der Waals surface area contributed by atoms with E-state index in [2.05, 4.69) is 55.4 Å². The molecule has 15 heteroatoms. The zero-order valence-corrected chi connectivity index (χ0v) is 58.4. The van der Waals surface area contributed by atoms with Crippen LogP contribution in [0.2, 0.25) is 0 Å². The number of amides is 1. The Kier molecular flexibility index (Phi) is 75.2. The quantitative estimate of drug-likeness (QED) is 0.0319. The summed E-state index contributed by atoms with van der Waals surface area (Å²) in [5, 5.41) is 0. The number of hydrogen-bond acceptors (Lipinski definition) is 14. The number of likely N-dealkylation sites (tertiary alicyclic amines) is 1. The van der Waals surface area contributed by atoms with Gasteiger partial charge in [-0.05, 0) is 50.9 Å². The van der Waals surface area contributed by atoms with E-state index in [1.165, 1.54) is 116 Å². The molecule has 0 aliphatic carbocycles. The van der Waals surface area contributed by atoms with E-state index in [1.807, 2.05) is 48.5 Å². The Morgan fingerprint density at radius 2 is 0.788 bits per heavy atom. The molecule has 0 radical (unpaired) electrons. The highest BCUT2D eigenvalue weighted by molar-refractivity contribution is 5.84. The van der Waals surface area contributed by atoms with E-state index >= 15 is 0 Å². The summed E-state index contributed by atoms with van der Waals surface area (Å²) >= 11 is 0. The average Bonchev–Trinajstić information content (AvgIpc) is 4.02. The summed E-state index contributed by atoms with van der Waals surface area (Å²) in [5.74, 6) is -0.707. The van der Waals surface area contributed by atoms with Crippen LogP contribution < -0.4 is 0 Å². The van der Waals surface area contributed by atoms with Gasteiger partial charge in [0.1, 0.15) is 11.9 Å². The minimum atomic E-state index is -0.390. The minimum absolute atomic E-state index is 0.0251. The molecule has 1 heterocycles. The molecule has 85 heavy (non-hydrogen) atoms. The second kappa shape index (κ2) is 71.0. The number of carbonyl (C=O) groups excluding carboxylic acids is 7. The molecule has 0 saturated carbocycles. The number of carbonyl (C=O) groups is 7. The second-order valence-electron chi connectivity index (χ2n) is 22.5. The van der Waals surface area contributed by atoms with Crippen molar-refractivity contribution >= 4 is 41.7 Å². The molecule has 1 aliphatic heterocycles. The molecular formula is C70H138N2O13. The predicted molar refractivity (Wildman–Crippen MR) is 352 cm³/mol. The van der Waals surface area contributed by atoms with E-state index in [-0.39, 0.29) is 79.4 Å². The first-order valence-corrected chi connectivity index (χ1v) is 35.0. The predicted octanol–water partition coefficient (Wildman–Crippen LogP) is 18.5. The lowest BCUT2D eigenvalue weighted by atomic mass is 10.0. The first-order chi connectivity index (χ1) is 41.0. The lowest BCUT2D eigenvalue weighted by Crippen LogP contribution is -2.40. The molecular weight excluding hydrogens is 1080 g/mol. The van der Waals surface area contributed by atoms with Crippen LogP contribution in [0, 0.1) is 11.8 Å². The van der Waals surface area contributed by atoms with Gasteiger partial charge in [0.25, 0.3) is 0 Å². The van der Waals surface area contributed by atoms with E-state index < -0.39 is 0 Å². The summed E-state index contributed by atoms with van der Waals surface area (Å²) in [6.07, 6.45) is 36.0. The van der Waals surface area contributed by atoms with E-state index in [1.54, 1.807) is 16.7 Å². The van der Waals surface area contributed by atoms with Crippen molar-refractivity contribution < 1.29 is 62.0 Å². The Morgan fingerprint density at radius 3 is 1.13 bits per heavy atom. The van der Waals surface area contributed by atoms with E-state index in [0.29, 0.717) is 71.2 Å². The molecule has 0 spiro atoms. The minimum Gasteiger partial charge on any atom is -0.466 e. The van der Waals surface area contributed by atoms with Crippen LogP contribution in [0.4, 0.5) is 4.79 Å². The van der Waals surface area contributed by atoms with Crippen molar-refractivity contribution in [3.05, 3.63) is 0 Å². The van der Waals surface area contributed by atoms with E-state index in [4.69, 9.17) is 28.4 Å². The van der Waals surface area contributed by atoms with Gasteiger partial charge in [0, 0.05) is 37.6 Å². The molecule has 1 saturated heterocycles. The third-order valence-corrected chi connectivity index (χ3v) is 14.4. The molecule has 1 aliphatic rings. The second-order valence-corrected chi connectivity index (χ2v) is 22.5. The van der Waals surface area contributed by atoms with Crippen molar-refractivity contribution in [2.75, 3.05) is 59.2 Å². The van der Waals surface area contributed by atoms with Crippen molar-refractivity contribution in [1.29, 1.82) is 0 Å². The molecule has 1 rings (SSSR count). The highest BCUT2D eigenvalue weighted by atomic mass is 16.6. The van der Waals surface area contributed by atoms with Crippen molar-refractivity contribution in [2.45, 2.75) is 341 Å². The topological polar surface area (TPSA) is 181 Å². The molecule has 0 aromatic rings. The first-order valence-electron chi connectivity index (χ1n) is 35.0. The third kappa shape index (κ3) is 64.5. The molecule has 0 aromatic carbocycles. The number of unbranched alkanes of at least 4 members (excludes halogenated alkanes) is 21. The maximum atomic E-state index is 12.4. The Labute approximate surface area is 523 Å². The largest absolute Gasteiger partial charge is 0.466 e.